The van der Waals surface area contributed by atoms with E-state index < -0.39 is 0 Å². The summed E-state index contributed by atoms with van der Waals surface area (Å²) in [7, 11) is 0. The molecule has 108 valence electrons. The van der Waals surface area contributed by atoms with Crippen molar-refractivity contribution in [2.45, 2.75) is 51.5 Å². The maximum Gasteiger partial charge on any atom is 0.240 e. The van der Waals surface area contributed by atoms with Crippen molar-refractivity contribution >= 4 is 6.08 Å². The molecule has 4 heteroatoms. The summed E-state index contributed by atoms with van der Waals surface area (Å²) in [5.74, 6) is 3.89. The molecule has 1 unspecified atom stereocenters. The van der Waals surface area contributed by atoms with Crippen molar-refractivity contribution in [2.75, 3.05) is 0 Å². The van der Waals surface area contributed by atoms with Crippen molar-refractivity contribution in [3.8, 4) is 0 Å². The Hall–Kier alpha value is -1.16. The van der Waals surface area contributed by atoms with E-state index in [1.807, 2.05) is 19.1 Å². The van der Waals surface area contributed by atoms with Crippen LogP contribution in [0.25, 0.3) is 6.08 Å². The van der Waals surface area contributed by atoms with Gasteiger partial charge in [-0.25, -0.2) is 0 Å². The van der Waals surface area contributed by atoms with Crippen molar-refractivity contribution in [2.24, 2.45) is 28.9 Å². The summed E-state index contributed by atoms with van der Waals surface area (Å²) in [5.41, 5.74) is 6.81. The number of aromatic nitrogens is 2. The quantitative estimate of drug-likeness (QED) is 0.917. The van der Waals surface area contributed by atoms with E-state index in [-0.39, 0.29) is 11.5 Å². The summed E-state index contributed by atoms with van der Waals surface area (Å²) < 4.78 is 5.74. The summed E-state index contributed by atoms with van der Waals surface area (Å²) in [6.45, 7) is 1.95. The van der Waals surface area contributed by atoms with Gasteiger partial charge in [0.2, 0.25) is 11.8 Å². The van der Waals surface area contributed by atoms with Crippen LogP contribution in [0.3, 0.4) is 0 Å². The van der Waals surface area contributed by atoms with E-state index in [9.17, 15) is 0 Å². The van der Waals surface area contributed by atoms with E-state index in [0.717, 1.165) is 17.8 Å². The van der Waals surface area contributed by atoms with Gasteiger partial charge < -0.3 is 10.2 Å². The van der Waals surface area contributed by atoms with Crippen LogP contribution in [0.4, 0.5) is 0 Å². The third kappa shape index (κ3) is 1.85. The van der Waals surface area contributed by atoms with Crippen LogP contribution in [-0.2, 0) is 0 Å². The monoisotopic (exact) mass is 273 g/mol. The van der Waals surface area contributed by atoms with Gasteiger partial charge in [0, 0.05) is 0 Å². The van der Waals surface area contributed by atoms with Gasteiger partial charge in [-0.2, -0.15) is 0 Å². The molecule has 4 aliphatic rings. The zero-order valence-electron chi connectivity index (χ0n) is 12.1. The number of allylic oxidation sites excluding steroid dienone is 1. The molecule has 0 saturated heterocycles. The number of nitrogens with zero attached hydrogens (tertiary/aromatic N) is 2. The van der Waals surface area contributed by atoms with Crippen LogP contribution < -0.4 is 5.73 Å². The fourth-order valence-corrected chi connectivity index (χ4v) is 5.40. The number of rotatable bonds is 3. The van der Waals surface area contributed by atoms with Gasteiger partial charge in [0.1, 0.15) is 0 Å². The molecule has 4 bridgehead atoms. The van der Waals surface area contributed by atoms with Crippen molar-refractivity contribution in [3.05, 3.63) is 17.9 Å². The summed E-state index contributed by atoms with van der Waals surface area (Å²) in [5, 5.41) is 8.27. The predicted octanol–water partition coefficient (Wildman–Crippen LogP) is 3.32. The Morgan fingerprint density at radius 2 is 1.75 bits per heavy atom. The molecule has 0 amide bonds. The summed E-state index contributed by atoms with van der Waals surface area (Å²) >= 11 is 0. The predicted molar refractivity (Wildman–Crippen MR) is 76.5 cm³/mol. The first-order chi connectivity index (χ1) is 9.68. The lowest BCUT2D eigenvalue weighted by atomic mass is 9.48. The van der Waals surface area contributed by atoms with Crippen molar-refractivity contribution in [3.63, 3.8) is 0 Å². The van der Waals surface area contributed by atoms with E-state index in [1.165, 1.54) is 38.5 Å². The average Bonchev–Trinajstić information content (AvgIpc) is 2.85. The summed E-state index contributed by atoms with van der Waals surface area (Å²) in [6.07, 6.45) is 11.8. The number of nitrogens with two attached hydrogens (primary N) is 1. The minimum atomic E-state index is -0.0811. The second-order valence-corrected chi connectivity index (χ2v) is 7.24. The fraction of sp³-hybridized carbons (Fsp3) is 0.750. The van der Waals surface area contributed by atoms with Crippen molar-refractivity contribution < 1.29 is 4.42 Å². The zero-order chi connectivity index (χ0) is 13.7. The molecule has 1 aromatic rings. The van der Waals surface area contributed by atoms with Crippen LogP contribution >= 0.6 is 0 Å². The largest absolute Gasteiger partial charge is 0.420 e. The average molecular weight is 273 g/mol. The highest BCUT2D eigenvalue weighted by molar-refractivity contribution is 5.35. The van der Waals surface area contributed by atoms with Gasteiger partial charge in [-0.3, -0.25) is 0 Å². The lowest BCUT2D eigenvalue weighted by Gasteiger charge is -2.58. The van der Waals surface area contributed by atoms with E-state index in [4.69, 9.17) is 10.2 Å². The molecule has 0 aromatic carbocycles. The third-order valence-electron chi connectivity index (χ3n) is 5.78. The Morgan fingerprint density at radius 1 is 1.15 bits per heavy atom. The van der Waals surface area contributed by atoms with Gasteiger partial charge in [-0.1, -0.05) is 6.08 Å². The van der Waals surface area contributed by atoms with Gasteiger partial charge in [-0.05, 0) is 74.7 Å². The maximum absolute atomic E-state index is 6.58. The summed E-state index contributed by atoms with van der Waals surface area (Å²) in [4.78, 5) is 0. The second kappa shape index (κ2) is 4.42. The third-order valence-corrected chi connectivity index (χ3v) is 5.78. The van der Waals surface area contributed by atoms with Crippen molar-refractivity contribution in [1.29, 1.82) is 0 Å². The van der Waals surface area contributed by atoms with Crippen LogP contribution in [0.1, 0.15) is 63.3 Å². The first kappa shape index (κ1) is 12.6. The Bertz CT molecular complexity index is 498. The molecule has 0 radical (unpaired) electrons. The molecular formula is C16H23N3O. The molecule has 0 spiro atoms. The molecule has 0 aliphatic heterocycles. The van der Waals surface area contributed by atoms with Crippen molar-refractivity contribution in [1.82, 2.24) is 10.2 Å². The molecule has 2 N–H and O–H groups in total. The lowest BCUT2D eigenvalue weighted by molar-refractivity contribution is -0.0718. The highest BCUT2D eigenvalue weighted by Crippen LogP contribution is 2.63. The van der Waals surface area contributed by atoms with E-state index in [0.29, 0.717) is 11.8 Å². The molecule has 20 heavy (non-hydrogen) atoms. The van der Waals surface area contributed by atoms with Gasteiger partial charge in [0.05, 0.1) is 6.04 Å². The van der Waals surface area contributed by atoms with Gasteiger partial charge in [-0.15, -0.1) is 10.2 Å². The fourth-order valence-electron chi connectivity index (χ4n) is 5.40. The first-order valence-corrected chi connectivity index (χ1v) is 7.90. The standard InChI is InChI=1S/C16H23N3O/c1-2-3-13-18-19-15(20-13)14(17)16-7-10-4-11(8-16)6-12(5-10)9-16/h2-3,10-12,14H,4-9,17H2,1H3/b3-2+. The SMILES string of the molecule is C/C=C/c1nnc(C(N)C23CC4CC(CC(C4)C2)C3)o1. The zero-order valence-corrected chi connectivity index (χ0v) is 12.1. The lowest BCUT2D eigenvalue weighted by Crippen LogP contribution is -2.50. The highest BCUT2D eigenvalue weighted by atomic mass is 16.4. The molecule has 4 fully saturated rings. The minimum absolute atomic E-state index is 0.0811. The highest BCUT2D eigenvalue weighted by Gasteiger charge is 2.54. The van der Waals surface area contributed by atoms with E-state index in [1.54, 1.807) is 0 Å². The molecule has 1 aromatic heterocycles. The smallest absolute Gasteiger partial charge is 0.240 e. The second-order valence-electron chi connectivity index (χ2n) is 7.24. The number of hydrogen-bond acceptors (Lipinski definition) is 4. The van der Waals surface area contributed by atoms with Crippen LogP contribution in [0.15, 0.2) is 10.5 Å². The normalized spacial score (nSPS) is 40.6. The summed E-state index contributed by atoms with van der Waals surface area (Å²) in [6, 6.07) is -0.0811. The molecule has 5 rings (SSSR count). The van der Waals surface area contributed by atoms with Crippen LogP contribution in [0, 0.1) is 23.2 Å². The molecule has 1 heterocycles. The Morgan fingerprint density at radius 3 is 2.30 bits per heavy atom. The molecule has 1 atom stereocenters. The van der Waals surface area contributed by atoms with E-state index >= 15 is 0 Å². The maximum atomic E-state index is 6.58. The van der Waals surface area contributed by atoms with Gasteiger partial charge in [0.15, 0.2) is 0 Å². The van der Waals surface area contributed by atoms with Gasteiger partial charge >= 0.3 is 0 Å². The Labute approximate surface area is 119 Å². The minimum Gasteiger partial charge on any atom is -0.420 e. The molecule has 4 aliphatic carbocycles. The molecular weight excluding hydrogens is 250 g/mol. The van der Waals surface area contributed by atoms with Gasteiger partial charge in [0.25, 0.3) is 0 Å². The van der Waals surface area contributed by atoms with Crippen LogP contribution in [0.5, 0.6) is 0 Å². The van der Waals surface area contributed by atoms with Crippen LogP contribution in [0.2, 0.25) is 0 Å². The molecule has 4 nitrogen and oxygen atoms in total. The Kier molecular flexibility index (Phi) is 2.78. The Balaban J connectivity index is 1.62. The topological polar surface area (TPSA) is 64.9 Å². The molecule has 4 saturated carbocycles. The number of hydrogen-bond donors (Lipinski definition) is 1. The van der Waals surface area contributed by atoms with Crippen LogP contribution in [-0.4, -0.2) is 10.2 Å². The first-order valence-electron chi connectivity index (χ1n) is 7.90. The van der Waals surface area contributed by atoms with E-state index in [2.05, 4.69) is 10.2 Å².